The van der Waals surface area contributed by atoms with Gasteiger partial charge in [0.25, 0.3) is 0 Å². The van der Waals surface area contributed by atoms with Crippen LogP contribution in [-0.4, -0.2) is 29.1 Å². The number of hydrogen-bond donors (Lipinski definition) is 0. The molecule has 0 bridgehead atoms. The predicted molar refractivity (Wildman–Crippen MR) is 63.1 cm³/mol. The van der Waals surface area contributed by atoms with Crippen molar-refractivity contribution < 1.29 is 9.09 Å². The summed E-state index contributed by atoms with van der Waals surface area (Å²) in [5.74, 6) is 0. The highest BCUT2D eigenvalue weighted by Crippen LogP contribution is 2.43. The Balaban J connectivity index is 0.000000980. The van der Waals surface area contributed by atoms with E-state index < -0.39 is 8.03 Å². The maximum atomic E-state index is 11.7. The summed E-state index contributed by atoms with van der Waals surface area (Å²) in [7, 11) is -1.34. The summed E-state index contributed by atoms with van der Waals surface area (Å²) in [6, 6.07) is 0. The fourth-order valence-corrected chi connectivity index (χ4v) is 3.81. The first-order valence-electron chi connectivity index (χ1n) is 5.49. The molecular weight excluding hydrogens is 210 g/mol. The van der Waals surface area contributed by atoms with Crippen molar-refractivity contribution in [2.75, 3.05) is 0 Å². The lowest BCUT2D eigenvalue weighted by Gasteiger charge is -2.01. The van der Waals surface area contributed by atoms with E-state index in [2.05, 4.69) is 0 Å². The highest BCUT2D eigenvalue weighted by atomic mass is 31.1. The molecule has 2 rings (SSSR count). The van der Waals surface area contributed by atoms with Gasteiger partial charge < -0.3 is 0 Å². The van der Waals surface area contributed by atoms with Gasteiger partial charge in [-0.1, -0.05) is 12.8 Å². The average Bonchev–Trinajstić information content (AvgIpc) is 2.74. The van der Waals surface area contributed by atoms with Crippen LogP contribution in [0.4, 0.5) is 0 Å². The van der Waals surface area contributed by atoms with Crippen LogP contribution in [-0.2, 0) is 9.09 Å². The first kappa shape index (κ1) is 12.7. The number of hydrogen-bond acceptors (Lipinski definition) is 2. The zero-order chi connectivity index (χ0) is 9.10. The number of rotatable bonds is 3. The maximum Gasteiger partial charge on any atom is 0.511 e. The Bertz CT molecular complexity index is 187. The quantitative estimate of drug-likeness (QED) is 0.551. The minimum absolute atomic E-state index is 0. The van der Waals surface area contributed by atoms with Crippen molar-refractivity contribution in [3.8, 4) is 0 Å². The molecule has 0 radical (unpaired) electrons. The second kappa shape index (κ2) is 6.24. The van der Waals surface area contributed by atoms with Crippen LogP contribution in [0.25, 0.3) is 0 Å². The molecule has 0 aromatic carbocycles. The highest BCUT2D eigenvalue weighted by Gasteiger charge is 2.38. The molecule has 0 aromatic rings. The summed E-state index contributed by atoms with van der Waals surface area (Å²) in [4.78, 5) is 0. The molecule has 4 heteroatoms. The third-order valence-electron chi connectivity index (χ3n) is 3.18. The third-order valence-corrected chi connectivity index (χ3v) is 4.80. The molecule has 2 saturated carbocycles. The lowest BCUT2D eigenvalue weighted by atomic mass is 10.3. The van der Waals surface area contributed by atoms with Crippen molar-refractivity contribution >= 4 is 25.4 Å². The molecule has 2 fully saturated rings. The zero-order valence-electron chi connectivity index (χ0n) is 8.08. The molecule has 0 saturated heterocycles. The highest BCUT2D eigenvalue weighted by molar-refractivity contribution is 7.40. The van der Waals surface area contributed by atoms with E-state index >= 15 is 0 Å². The molecule has 2 aliphatic carbocycles. The molecule has 0 aliphatic heterocycles. The molecule has 80 valence electrons. The molecule has 2 nitrogen and oxygen atoms in total. The molecule has 0 aromatic heterocycles. The van der Waals surface area contributed by atoms with Crippen molar-refractivity contribution in [1.82, 2.24) is 0 Å². The SMILES string of the molecule is O=[P+](OC1CCCC1)C1CCCC1.[AlH3]. The summed E-state index contributed by atoms with van der Waals surface area (Å²) < 4.78 is 17.3. The molecule has 0 heterocycles. The molecule has 0 spiro atoms. The molecule has 0 amide bonds. The van der Waals surface area contributed by atoms with E-state index in [0.29, 0.717) is 11.8 Å². The van der Waals surface area contributed by atoms with Crippen LogP contribution < -0.4 is 0 Å². The van der Waals surface area contributed by atoms with Crippen molar-refractivity contribution in [2.45, 2.75) is 63.1 Å². The van der Waals surface area contributed by atoms with Gasteiger partial charge in [0, 0.05) is 0 Å². The second-order valence-corrected chi connectivity index (χ2v) is 5.75. The van der Waals surface area contributed by atoms with Crippen LogP contribution in [0, 0.1) is 0 Å². The van der Waals surface area contributed by atoms with Gasteiger partial charge in [-0.05, 0) is 43.1 Å². The Morgan fingerprint density at radius 2 is 1.43 bits per heavy atom. The van der Waals surface area contributed by atoms with E-state index in [9.17, 15) is 4.57 Å². The summed E-state index contributed by atoms with van der Waals surface area (Å²) in [5.41, 5.74) is 0.385. The second-order valence-electron chi connectivity index (χ2n) is 4.24. The lowest BCUT2D eigenvalue weighted by molar-refractivity contribution is 0.219. The minimum atomic E-state index is -1.34. The molecule has 1 unspecified atom stereocenters. The van der Waals surface area contributed by atoms with Crippen LogP contribution in [0.2, 0.25) is 0 Å². The standard InChI is InChI=1S/C10H18O2P.Al.3H/c11-13(10-7-3-4-8-10)12-9-5-1-2-6-9;;;;/h9-10H,1-8H2;;;;/q+1;;;;. The Kier molecular flexibility index (Phi) is 5.64. The summed E-state index contributed by atoms with van der Waals surface area (Å²) in [6.07, 6.45) is 9.87. The van der Waals surface area contributed by atoms with Crippen LogP contribution in [0.3, 0.4) is 0 Å². The summed E-state index contributed by atoms with van der Waals surface area (Å²) in [6.45, 7) is 0. The van der Waals surface area contributed by atoms with E-state index in [1.165, 1.54) is 25.7 Å². The van der Waals surface area contributed by atoms with Gasteiger partial charge in [0.05, 0.1) is 0 Å². The Hall–Kier alpha value is 0.592. The van der Waals surface area contributed by atoms with Crippen LogP contribution in [0.5, 0.6) is 0 Å². The monoisotopic (exact) mass is 231 g/mol. The first-order valence-corrected chi connectivity index (χ1v) is 6.74. The molecule has 14 heavy (non-hydrogen) atoms. The van der Waals surface area contributed by atoms with Crippen molar-refractivity contribution in [3.05, 3.63) is 0 Å². The van der Waals surface area contributed by atoms with Gasteiger partial charge >= 0.3 is 8.03 Å². The van der Waals surface area contributed by atoms with Gasteiger partial charge in [0.15, 0.2) is 23.0 Å². The summed E-state index contributed by atoms with van der Waals surface area (Å²) >= 11 is 0. The van der Waals surface area contributed by atoms with Gasteiger partial charge in [-0.15, -0.1) is 4.52 Å². The van der Waals surface area contributed by atoms with Crippen LogP contribution >= 0.6 is 8.03 Å². The third kappa shape index (κ3) is 3.32. The van der Waals surface area contributed by atoms with Gasteiger partial charge in [-0.25, -0.2) is 0 Å². The molecular formula is C10H21AlO2P+. The topological polar surface area (TPSA) is 26.3 Å². The maximum absolute atomic E-state index is 11.7. The van der Waals surface area contributed by atoms with E-state index in [0.717, 1.165) is 25.7 Å². The zero-order valence-corrected chi connectivity index (χ0v) is 8.97. The minimum Gasteiger partial charge on any atom is -0.143 e. The van der Waals surface area contributed by atoms with Gasteiger partial charge in [0.2, 0.25) is 0 Å². The van der Waals surface area contributed by atoms with E-state index in [1.54, 1.807) is 0 Å². The Morgan fingerprint density at radius 3 is 2.00 bits per heavy atom. The average molecular weight is 231 g/mol. The normalized spacial score (nSPS) is 25.0. The van der Waals surface area contributed by atoms with Crippen molar-refractivity contribution in [1.29, 1.82) is 0 Å². The Morgan fingerprint density at radius 1 is 0.929 bits per heavy atom. The van der Waals surface area contributed by atoms with E-state index in [-0.39, 0.29) is 17.4 Å². The van der Waals surface area contributed by atoms with Gasteiger partial charge in [-0.3, -0.25) is 0 Å². The van der Waals surface area contributed by atoms with E-state index in [4.69, 9.17) is 4.52 Å². The van der Waals surface area contributed by atoms with Crippen molar-refractivity contribution in [2.24, 2.45) is 0 Å². The smallest absolute Gasteiger partial charge is 0.143 e. The molecule has 2 aliphatic rings. The fourth-order valence-electron chi connectivity index (χ4n) is 2.34. The molecule has 0 N–H and O–H groups in total. The van der Waals surface area contributed by atoms with Gasteiger partial charge in [-0.2, -0.15) is 0 Å². The molecule has 1 atom stereocenters. The lowest BCUT2D eigenvalue weighted by Crippen LogP contribution is -2.05. The van der Waals surface area contributed by atoms with Crippen LogP contribution in [0.1, 0.15) is 51.4 Å². The van der Waals surface area contributed by atoms with Crippen molar-refractivity contribution in [3.63, 3.8) is 0 Å². The summed E-state index contributed by atoms with van der Waals surface area (Å²) in [5, 5.41) is 0. The van der Waals surface area contributed by atoms with E-state index in [1.807, 2.05) is 0 Å². The van der Waals surface area contributed by atoms with Gasteiger partial charge in [0.1, 0.15) is 6.10 Å². The Labute approximate surface area is 97.8 Å². The predicted octanol–water partition coefficient (Wildman–Crippen LogP) is 2.45. The van der Waals surface area contributed by atoms with Crippen LogP contribution in [0.15, 0.2) is 0 Å². The first-order chi connectivity index (χ1) is 6.36. The largest absolute Gasteiger partial charge is 0.511 e. The fraction of sp³-hybridized carbons (Fsp3) is 1.00.